The average molecular weight is 465 g/mol. The van der Waals surface area contributed by atoms with E-state index in [0.29, 0.717) is 6.42 Å². The van der Waals surface area contributed by atoms with Crippen LogP contribution in [0.3, 0.4) is 0 Å². The van der Waals surface area contributed by atoms with Gasteiger partial charge in [-0.25, -0.2) is 4.79 Å². The van der Waals surface area contributed by atoms with Crippen LogP contribution in [0.5, 0.6) is 0 Å². The van der Waals surface area contributed by atoms with Crippen molar-refractivity contribution in [3.05, 3.63) is 35.9 Å². The summed E-state index contributed by atoms with van der Waals surface area (Å²) in [5.41, 5.74) is 6.71. The number of aliphatic hydroxyl groups is 1. The fourth-order valence-corrected chi connectivity index (χ4v) is 3.19. The molecule has 3 amide bonds. The second-order valence-corrected chi connectivity index (χ2v) is 8.80. The van der Waals surface area contributed by atoms with Crippen LogP contribution in [0.1, 0.15) is 39.7 Å². The Hall–Kier alpha value is -2.98. The molecule has 0 aliphatic carbocycles. The van der Waals surface area contributed by atoms with Crippen LogP contribution < -0.4 is 21.7 Å². The Balaban J connectivity index is 2.98. The van der Waals surface area contributed by atoms with Crippen LogP contribution in [0.15, 0.2) is 30.3 Å². The van der Waals surface area contributed by atoms with Crippen LogP contribution >= 0.6 is 0 Å². The molecular formula is C23H36N4O6. The van der Waals surface area contributed by atoms with Crippen molar-refractivity contribution < 1.29 is 29.4 Å². The van der Waals surface area contributed by atoms with Crippen molar-refractivity contribution in [3.8, 4) is 0 Å². The second-order valence-electron chi connectivity index (χ2n) is 8.80. The van der Waals surface area contributed by atoms with Crippen LogP contribution in [0.25, 0.3) is 0 Å². The predicted octanol–water partition coefficient (Wildman–Crippen LogP) is -0.210. The zero-order valence-corrected chi connectivity index (χ0v) is 19.6. The summed E-state index contributed by atoms with van der Waals surface area (Å²) in [5.74, 6) is -3.50. The Bertz CT molecular complexity index is 799. The molecule has 0 saturated heterocycles. The normalized spacial score (nSPS) is 14.8. The van der Waals surface area contributed by atoms with E-state index in [0.717, 1.165) is 5.56 Å². The van der Waals surface area contributed by atoms with E-state index in [1.165, 1.54) is 0 Å². The van der Waals surface area contributed by atoms with Gasteiger partial charge in [-0.1, -0.05) is 58.0 Å². The molecule has 0 bridgehead atoms. The molecule has 33 heavy (non-hydrogen) atoms. The summed E-state index contributed by atoms with van der Waals surface area (Å²) in [7, 11) is 0. The number of nitrogens with two attached hydrogens (primary N) is 1. The van der Waals surface area contributed by atoms with E-state index in [1.807, 2.05) is 19.9 Å². The Morgan fingerprint density at radius 1 is 0.879 bits per heavy atom. The topological polar surface area (TPSA) is 171 Å². The highest BCUT2D eigenvalue weighted by Crippen LogP contribution is 2.07. The van der Waals surface area contributed by atoms with Gasteiger partial charge in [0.05, 0.1) is 12.6 Å². The van der Waals surface area contributed by atoms with Gasteiger partial charge in [-0.2, -0.15) is 0 Å². The Morgan fingerprint density at radius 2 is 1.42 bits per heavy atom. The zero-order chi connectivity index (χ0) is 25.1. The molecule has 184 valence electrons. The van der Waals surface area contributed by atoms with Gasteiger partial charge in [-0.15, -0.1) is 0 Å². The molecular weight excluding hydrogens is 428 g/mol. The molecule has 0 heterocycles. The number of rotatable bonds is 13. The van der Waals surface area contributed by atoms with E-state index in [2.05, 4.69) is 16.0 Å². The predicted molar refractivity (Wildman–Crippen MR) is 123 cm³/mol. The van der Waals surface area contributed by atoms with Crippen LogP contribution in [-0.4, -0.2) is 64.7 Å². The van der Waals surface area contributed by atoms with Crippen LogP contribution in [0.4, 0.5) is 0 Å². The fourth-order valence-electron chi connectivity index (χ4n) is 3.19. The van der Waals surface area contributed by atoms with Crippen molar-refractivity contribution in [1.82, 2.24) is 16.0 Å². The number of aliphatic hydroxyl groups excluding tert-OH is 1. The van der Waals surface area contributed by atoms with Gasteiger partial charge in [-0.05, 0) is 23.8 Å². The number of hydrogen-bond acceptors (Lipinski definition) is 6. The molecule has 0 fully saturated rings. The van der Waals surface area contributed by atoms with E-state index in [1.54, 1.807) is 38.1 Å². The molecule has 0 spiro atoms. The maximum atomic E-state index is 13.0. The summed E-state index contributed by atoms with van der Waals surface area (Å²) >= 11 is 0. The van der Waals surface area contributed by atoms with E-state index >= 15 is 0 Å². The largest absolute Gasteiger partial charge is 0.480 e. The summed E-state index contributed by atoms with van der Waals surface area (Å²) in [4.78, 5) is 49.4. The van der Waals surface area contributed by atoms with Gasteiger partial charge in [0.25, 0.3) is 0 Å². The molecule has 1 rings (SSSR count). The maximum Gasteiger partial charge on any atom is 0.326 e. The molecule has 1 aromatic rings. The minimum Gasteiger partial charge on any atom is -0.480 e. The highest BCUT2D eigenvalue weighted by Gasteiger charge is 2.31. The minimum absolute atomic E-state index is 0.135. The van der Waals surface area contributed by atoms with E-state index in [-0.39, 0.29) is 12.3 Å². The van der Waals surface area contributed by atoms with Gasteiger partial charge in [0.1, 0.15) is 18.1 Å². The molecule has 10 nitrogen and oxygen atoms in total. The lowest BCUT2D eigenvalue weighted by Crippen LogP contribution is -2.59. The molecule has 0 aliphatic rings. The number of carbonyl (C=O) groups excluding carboxylic acids is 3. The van der Waals surface area contributed by atoms with Crippen LogP contribution in [-0.2, 0) is 25.6 Å². The van der Waals surface area contributed by atoms with Crippen molar-refractivity contribution in [3.63, 3.8) is 0 Å². The van der Waals surface area contributed by atoms with Gasteiger partial charge in [0, 0.05) is 6.42 Å². The van der Waals surface area contributed by atoms with Crippen LogP contribution in [0, 0.1) is 11.8 Å². The van der Waals surface area contributed by atoms with E-state index in [4.69, 9.17) is 5.73 Å². The molecule has 0 aromatic heterocycles. The minimum atomic E-state index is -1.39. The molecule has 0 saturated carbocycles. The molecule has 0 radical (unpaired) electrons. The monoisotopic (exact) mass is 464 g/mol. The quantitative estimate of drug-likeness (QED) is 0.234. The summed E-state index contributed by atoms with van der Waals surface area (Å²) in [5, 5.41) is 26.3. The van der Waals surface area contributed by atoms with Crippen LogP contribution in [0.2, 0.25) is 0 Å². The Morgan fingerprint density at radius 3 is 1.91 bits per heavy atom. The Labute approximate surface area is 194 Å². The molecule has 0 aliphatic heterocycles. The number of carboxylic acids is 1. The van der Waals surface area contributed by atoms with Crippen molar-refractivity contribution in [2.24, 2.45) is 17.6 Å². The van der Waals surface area contributed by atoms with Crippen molar-refractivity contribution in [1.29, 1.82) is 0 Å². The smallest absolute Gasteiger partial charge is 0.326 e. The standard InChI is InChI=1S/C23H36N4O6/c1-13(2)10-16(24)20(29)25-17(11-15-8-6-5-7-9-15)21(30)26-18(12-28)22(31)27-19(14(3)4)23(32)33/h5-9,13-14,16-19,28H,10-12,24H2,1-4H3,(H,25,29)(H,26,30)(H,27,31)(H,32,33). The van der Waals surface area contributed by atoms with Gasteiger partial charge in [-0.3, -0.25) is 14.4 Å². The molecule has 4 unspecified atom stereocenters. The molecule has 1 aromatic carbocycles. The number of carbonyl (C=O) groups is 4. The number of carboxylic acid groups (broad SMARTS) is 1. The third-order valence-corrected chi connectivity index (χ3v) is 5.02. The molecule has 10 heteroatoms. The number of nitrogens with one attached hydrogen (secondary N) is 3. The summed E-state index contributed by atoms with van der Waals surface area (Å²) in [6.07, 6.45) is 0.565. The van der Waals surface area contributed by atoms with Crippen molar-refractivity contribution in [2.45, 2.75) is 64.7 Å². The number of aliphatic carboxylic acids is 1. The summed E-state index contributed by atoms with van der Waals surface area (Å²) < 4.78 is 0. The zero-order valence-electron chi connectivity index (χ0n) is 19.6. The van der Waals surface area contributed by atoms with Crippen molar-refractivity contribution in [2.75, 3.05) is 6.61 Å². The highest BCUT2D eigenvalue weighted by molar-refractivity contribution is 5.94. The lowest BCUT2D eigenvalue weighted by molar-refractivity contribution is -0.143. The number of hydrogen-bond donors (Lipinski definition) is 6. The van der Waals surface area contributed by atoms with E-state index < -0.39 is 60.4 Å². The first-order chi connectivity index (χ1) is 15.5. The molecule has 4 atom stereocenters. The fraction of sp³-hybridized carbons (Fsp3) is 0.565. The van der Waals surface area contributed by atoms with E-state index in [9.17, 15) is 29.4 Å². The maximum absolute atomic E-state index is 13.0. The van der Waals surface area contributed by atoms with Crippen molar-refractivity contribution >= 4 is 23.7 Å². The lowest BCUT2D eigenvalue weighted by Gasteiger charge is -2.25. The third-order valence-electron chi connectivity index (χ3n) is 5.02. The Kier molecular flexibility index (Phi) is 11.5. The lowest BCUT2D eigenvalue weighted by atomic mass is 10.0. The van der Waals surface area contributed by atoms with Gasteiger partial charge in [0.15, 0.2) is 0 Å². The van der Waals surface area contributed by atoms with Gasteiger partial charge < -0.3 is 31.9 Å². The average Bonchev–Trinajstić information content (AvgIpc) is 2.74. The first kappa shape index (κ1) is 28.1. The molecule has 7 N–H and O–H groups in total. The number of amides is 3. The highest BCUT2D eigenvalue weighted by atomic mass is 16.4. The van der Waals surface area contributed by atoms with Gasteiger partial charge in [0.2, 0.25) is 17.7 Å². The number of benzene rings is 1. The SMILES string of the molecule is CC(C)CC(N)C(=O)NC(Cc1ccccc1)C(=O)NC(CO)C(=O)NC(C(=O)O)C(C)C. The third kappa shape index (κ3) is 9.58. The summed E-state index contributed by atoms with van der Waals surface area (Å²) in [6, 6.07) is 4.53. The summed E-state index contributed by atoms with van der Waals surface area (Å²) in [6.45, 7) is 6.34. The second kappa shape index (κ2) is 13.5. The first-order valence-corrected chi connectivity index (χ1v) is 11.0. The first-order valence-electron chi connectivity index (χ1n) is 11.0. The van der Waals surface area contributed by atoms with Gasteiger partial charge >= 0.3 is 5.97 Å².